The third-order valence-electron chi connectivity index (χ3n) is 7.03. The van der Waals surface area contributed by atoms with E-state index in [-0.39, 0.29) is 5.56 Å². The monoisotopic (exact) mass is 623 g/mol. The van der Waals surface area contributed by atoms with Crippen molar-refractivity contribution in [2.45, 2.75) is 13.5 Å². The van der Waals surface area contributed by atoms with Gasteiger partial charge in [0.1, 0.15) is 11.6 Å². The zero-order valence-electron chi connectivity index (χ0n) is 21.6. The molecule has 0 aliphatic heterocycles. The second-order valence-corrected chi connectivity index (χ2v) is 10.6. The maximum Gasteiger partial charge on any atom is 0.266 e. The zero-order valence-corrected chi connectivity index (χ0v) is 23.8. The van der Waals surface area contributed by atoms with Gasteiger partial charge in [-0.05, 0) is 83.6 Å². The van der Waals surface area contributed by atoms with Crippen LogP contribution in [0.4, 0.5) is 0 Å². The van der Waals surface area contributed by atoms with Crippen molar-refractivity contribution in [3.8, 4) is 11.4 Å². The van der Waals surface area contributed by atoms with Gasteiger partial charge in [0.25, 0.3) is 5.56 Å². The maximum atomic E-state index is 13.8. The molecule has 0 aliphatic carbocycles. The summed E-state index contributed by atoms with van der Waals surface area (Å²) < 4.78 is 10.4. The molecule has 0 aliphatic rings. The highest BCUT2D eigenvalue weighted by molar-refractivity contribution is 14.1. The summed E-state index contributed by atoms with van der Waals surface area (Å²) in [5, 5.41) is 1.74. The molecule has 192 valence electrons. The van der Waals surface area contributed by atoms with Crippen LogP contribution >= 0.6 is 22.6 Å². The van der Waals surface area contributed by atoms with Crippen LogP contribution in [-0.4, -0.2) is 21.2 Å². The van der Waals surface area contributed by atoms with Crippen LogP contribution < -0.4 is 10.3 Å². The second-order valence-electron chi connectivity index (χ2n) is 9.39. The van der Waals surface area contributed by atoms with Gasteiger partial charge in [-0.15, -0.1) is 0 Å². The predicted molar refractivity (Wildman–Crippen MR) is 168 cm³/mol. The number of para-hydroxylation sites is 1. The third-order valence-corrected chi connectivity index (χ3v) is 7.70. The molecule has 0 spiro atoms. The molecular weight excluding hydrogens is 597 g/mol. The van der Waals surface area contributed by atoms with Crippen molar-refractivity contribution in [1.29, 1.82) is 0 Å². The summed E-state index contributed by atoms with van der Waals surface area (Å²) in [6.07, 6.45) is 4.02. The van der Waals surface area contributed by atoms with E-state index in [1.54, 1.807) is 11.7 Å². The Labute approximate surface area is 240 Å². The van der Waals surface area contributed by atoms with Crippen molar-refractivity contribution in [3.63, 3.8) is 0 Å². The van der Waals surface area contributed by atoms with Gasteiger partial charge < -0.3 is 9.30 Å². The molecule has 39 heavy (non-hydrogen) atoms. The van der Waals surface area contributed by atoms with Crippen molar-refractivity contribution in [2.24, 2.45) is 0 Å². The van der Waals surface area contributed by atoms with Crippen molar-refractivity contribution >= 4 is 56.5 Å². The van der Waals surface area contributed by atoms with Crippen molar-refractivity contribution in [1.82, 2.24) is 14.1 Å². The van der Waals surface area contributed by atoms with E-state index in [2.05, 4.69) is 88.7 Å². The van der Waals surface area contributed by atoms with Crippen LogP contribution in [0.3, 0.4) is 0 Å². The number of halogens is 1. The fraction of sp³-hybridized carbons (Fsp3) is 0.0909. The number of hydrogen-bond donors (Lipinski definition) is 0. The van der Waals surface area contributed by atoms with Gasteiger partial charge in [-0.3, -0.25) is 9.36 Å². The fourth-order valence-corrected chi connectivity index (χ4v) is 5.57. The lowest BCUT2D eigenvalue weighted by molar-refractivity contribution is 0.414. The van der Waals surface area contributed by atoms with E-state index in [4.69, 9.17) is 9.72 Å². The van der Waals surface area contributed by atoms with E-state index in [0.29, 0.717) is 28.2 Å². The highest BCUT2D eigenvalue weighted by Crippen LogP contribution is 2.29. The first-order valence-corrected chi connectivity index (χ1v) is 13.8. The Morgan fingerprint density at radius 2 is 1.67 bits per heavy atom. The van der Waals surface area contributed by atoms with Crippen LogP contribution in [0.2, 0.25) is 0 Å². The van der Waals surface area contributed by atoms with Crippen molar-refractivity contribution < 1.29 is 4.74 Å². The number of ether oxygens (including phenoxy) is 1. The molecule has 6 aromatic rings. The molecule has 0 N–H and O–H groups in total. The van der Waals surface area contributed by atoms with Gasteiger partial charge in [0.15, 0.2) is 0 Å². The van der Waals surface area contributed by atoms with E-state index >= 15 is 0 Å². The molecule has 0 saturated carbocycles. The fourth-order valence-electron chi connectivity index (χ4n) is 5.08. The molecule has 2 heterocycles. The van der Waals surface area contributed by atoms with E-state index in [9.17, 15) is 4.79 Å². The molecule has 6 heteroatoms. The van der Waals surface area contributed by atoms with Gasteiger partial charge in [-0.1, -0.05) is 54.6 Å². The summed E-state index contributed by atoms with van der Waals surface area (Å²) in [4.78, 5) is 18.8. The van der Waals surface area contributed by atoms with Crippen LogP contribution in [-0.2, 0) is 6.54 Å². The van der Waals surface area contributed by atoms with E-state index < -0.39 is 0 Å². The summed E-state index contributed by atoms with van der Waals surface area (Å²) in [5.74, 6) is 1.23. The topological polar surface area (TPSA) is 49.0 Å². The van der Waals surface area contributed by atoms with E-state index in [1.807, 2.05) is 54.6 Å². The molecule has 0 saturated heterocycles. The molecule has 4 aromatic carbocycles. The minimum Gasteiger partial charge on any atom is -0.497 e. The minimum atomic E-state index is -0.116. The van der Waals surface area contributed by atoms with Gasteiger partial charge in [0, 0.05) is 38.3 Å². The van der Waals surface area contributed by atoms with Gasteiger partial charge >= 0.3 is 0 Å². The smallest absolute Gasteiger partial charge is 0.266 e. The molecule has 0 radical (unpaired) electrons. The quantitative estimate of drug-likeness (QED) is 0.181. The molecule has 2 aromatic heterocycles. The summed E-state index contributed by atoms with van der Waals surface area (Å²) in [6.45, 7) is 2.93. The lowest BCUT2D eigenvalue weighted by atomic mass is 10.1. The molecule has 0 amide bonds. The standard InChI is InChI=1S/C33H26IN3O2/c1-22-27(28-13-6-7-14-31(28)36(22)21-23-9-4-3-5-10-23)16-18-32-35-30-17-15-24(34)19-29(30)33(38)37(32)25-11-8-12-26(20-25)39-2/h3-20H,21H2,1-2H3. The molecule has 0 bridgehead atoms. The molecule has 6 rings (SSSR count). The Morgan fingerprint density at radius 3 is 2.49 bits per heavy atom. The normalized spacial score (nSPS) is 11.6. The van der Waals surface area contributed by atoms with Crippen LogP contribution in [0.15, 0.2) is 102 Å². The maximum absolute atomic E-state index is 13.8. The Kier molecular flexibility index (Phi) is 6.79. The minimum absolute atomic E-state index is 0.116. The van der Waals surface area contributed by atoms with E-state index in [0.717, 1.165) is 26.8 Å². The molecule has 0 atom stereocenters. The van der Waals surface area contributed by atoms with Crippen LogP contribution in [0.5, 0.6) is 5.75 Å². The van der Waals surface area contributed by atoms with Crippen molar-refractivity contribution in [3.05, 3.63) is 134 Å². The van der Waals surface area contributed by atoms with Crippen molar-refractivity contribution in [2.75, 3.05) is 7.11 Å². The van der Waals surface area contributed by atoms with Gasteiger partial charge in [-0.25, -0.2) is 4.98 Å². The first-order chi connectivity index (χ1) is 19.0. The Morgan fingerprint density at radius 1 is 0.872 bits per heavy atom. The van der Waals surface area contributed by atoms with Crippen LogP contribution in [0.1, 0.15) is 22.6 Å². The number of aromatic nitrogens is 3. The second kappa shape index (κ2) is 10.5. The van der Waals surface area contributed by atoms with E-state index in [1.165, 1.54) is 11.1 Å². The number of methoxy groups -OCH3 is 1. The van der Waals surface area contributed by atoms with Gasteiger partial charge in [0.05, 0.1) is 23.7 Å². The summed E-state index contributed by atoms with van der Waals surface area (Å²) in [7, 11) is 1.62. The first-order valence-electron chi connectivity index (χ1n) is 12.7. The molecular formula is C33H26IN3O2. The van der Waals surface area contributed by atoms with Gasteiger partial charge in [0.2, 0.25) is 0 Å². The average molecular weight is 623 g/mol. The zero-order chi connectivity index (χ0) is 26.9. The Balaban J connectivity index is 1.54. The SMILES string of the molecule is COc1cccc(-n2c(C=Cc3c(C)n(Cc4ccccc4)c4ccccc34)nc3ccc(I)cc3c2=O)c1. The number of fused-ring (bicyclic) bond motifs is 2. The van der Waals surface area contributed by atoms with Gasteiger partial charge in [-0.2, -0.15) is 0 Å². The lowest BCUT2D eigenvalue weighted by Crippen LogP contribution is -2.22. The summed E-state index contributed by atoms with van der Waals surface area (Å²) in [5.41, 5.74) is 5.93. The highest BCUT2D eigenvalue weighted by atomic mass is 127. The highest BCUT2D eigenvalue weighted by Gasteiger charge is 2.15. The lowest BCUT2D eigenvalue weighted by Gasteiger charge is -2.13. The summed E-state index contributed by atoms with van der Waals surface area (Å²) >= 11 is 2.22. The number of rotatable bonds is 6. The van der Waals surface area contributed by atoms with Crippen LogP contribution in [0.25, 0.3) is 39.6 Å². The summed E-state index contributed by atoms with van der Waals surface area (Å²) in [6, 6.07) is 32.2. The molecule has 0 fully saturated rings. The number of benzene rings is 4. The number of hydrogen-bond acceptors (Lipinski definition) is 3. The van der Waals surface area contributed by atoms with Crippen LogP contribution in [0, 0.1) is 10.5 Å². The number of nitrogens with zero attached hydrogens (tertiary/aromatic N) is 3. The molecule has 5 nitrogen and oxygen atoms in total. The largest absolute Gasteiger partial charge is 0.497 e. The molecule has 0 unspecified atom stereocenters. The first kappa shape index (κ1) is 25.1. The average Bonchev–Trinajstić information content (AvgIpc) is 3.23. The Bertz CT molecular complexity index is 1920. The Hall–Kier alpha value is -4.17. The predicted octanol–water partition coefficient (Wildman–Crippen LogP) is 7.48. The third kappa shape index (κ3) is 4.76.